The number of benzene rings is 1. The third kappa shape index (κ3) is 3.04. The Morgan fingerprint density at radius 3 is 2.69 bits per heavy atom. The molecule has 4 heteroatoms. The molecule has 2 nitrogen and oxygen atoms in total. The van der Waals surface area contributed by atoms with Crippen LogP contribution in [0.4, 0.5) is 0 Å². The Hall–Kier alpha value is -0.480. The third-order valence-corrected chi connectivity index (χ3v) is 3.69. The molecule has 0 saturated carbocycles. The van der Waals surface area contributed by atoms with Crippen LogP contribution in [0.5, 0.6) is 0 Å². The van der Waals surface area contributed by atoms with Gasteiger partial charge < -0.3 is 5.73 Å². The normalized spacial score (nSPS) is 12.5. The summed E-state index contributed by atoms with van der Waals surface area (Å²) in [6.07, 6.45) is 0. The molecule has 0 saturated heterocycles. The van der Waals surface area contributed by atoms with Crippen LogP contribution in [-0.4, -0.2) is 11.2 Å². The van der Waals surface area contributed by atoms with Crippen molar-refractivity contribution in [1.29, 1.82) is 0 Å². The number of primary amides is 1. The van der Waals surface area contributed by atoms with Crippen molar-refractivity contribution in [3.05, 3.63) is 28.7 Å². The predicted molar refractivity (Wildman–Crippen MR) is 58.7 cm³/mol. The lowest BCUT2D eigenvalue weighted by Crippen LogP contribution is -2.22. The van der Waals surface area contributed by atoms with Crippen LogP contribution in [0.25, 0.3) is 0 Å². The van der Waals surface area contributed by atoms with Gasteiger partial charge in [0.2, 0.25) is 5.91 Å². The van der Waals surface area contributed by atoms with E-state index in [0.29, 0.717) is 0 Å². The molecule has 0 fully saturated rings. The van der Waals surface area contributed by atoms with Gasteiger partial charge in [0, 0.05) is 9.37 Å². The number of rotatable bonds is 3. The summed E-state index contributed by atoms with van der Waals surface area (Å²) in [5, 5.41) is -0.196. The van der Waals surface area contributed by atoms with Crippen LogP contribution in [0.2, 0.25) is 0 Å². The fourth-order valence-electron chi connectivity index (χ4n) is 0.789. The van der Waals surface area contributed by atoms with Crippen LogP contribution in [0.1, 0.15) is 6.92 Å². The van der Waals surface area contributed by atoms with Gasteiger partial charge in [0.15, 0.2) is 0 Å². The summed E-state index contributed by atoms with van der Waals surface area (Å²) in [4.78, 5) is 11.8. The maximum absolute atomic E-state index is 10.8. The van der Waals surface area contributed by atoms with E-state index in [4.69, 9.17) is 5.73 Å². The molecular weight excluding hydrogens is 250 g/mol. The number of carbonyl (C=O) groups excluding carboxylic acids is 1. The summed E-state index contributed by atoms with van der Waals surface area (Å²) in [6.45, 7) is 1.80. The molecule has 0 heterocycles. The first-order valence-electron chi connectivity index (χ1n) is 3.81. The van der Waals surface area contributed by atoms with Crippen LogP contribution in [0, 0.1) is 0 Å². The highest BCUT2D eigenvalue weighted by Crippen LogP contribution is 2.29. The van der Waals surface area contributed by atoms with Crippen molar-refractivity contribution in [1.82, 2.24) is 0 Å². The molecule has 0 radical (unpaired) electrons. The summed E-state index contributed by atoms with van der Waals surface area (Å²) in [7, 11) is 0. The zero-order valence-corrected chi connectivity index (χ0v) is 9.56. The Kier molecular flexibility index (Phi) is 3.81. The lowest BCUT2D eigenvalue weighted by molar-refractivity contribution is -0.117. The number of hydrogen-bond acceptors (Lipinski definition) is 2. The molecule has 0 unspecified atom stereocenters. The molecule has 1 aromatic rings. The van der Waals surface area contributed by atoms with E-state index in [0.717, 1.165) is 9.37 Å². The zero-order chi connectivity index (χ0) is 9.84. The predicted octanol–water partition coefficient (Wildman–Crippen LogP) is 2.42. The van der Waals surface area contributed by atoms with Crippen molar-refractivity contribution >= 4 is 33.6 Å². The van der Waals surface area contributed by atoms with Crippen LogP contribution in [-0.2, 0) is 4.79 Å². The van der Waals surface area contributed by atoms with Crippen molar-refractivity contribution in [3.63, 3.8) is 0 Å². The molecule has 0 aliphatic rings. The number of thioether (sulfide) groups is 1. The van der Waals surface area contributed by atoms with Gasteiger partial charge >= 0.3 is 0 Å². The van der Waals surface area contributed by atoms with Gasteiger partial charge in [-0.2, -0.15) is 0 Å². The SMILES string of the molecule is C[C@@H](Sc1ccccc1Br)C(N)=O. The molecule has 1 atom stereocenters. The Morgan fingerprint density at radius 1 is 1.54 bits per heavy atom. The molecule has 1 amide bonds. The summed E-state index contributed by atoms with van der Waals surface area (Å²) in [6, 6.07) is 7.76. The number of halogens is 1. The van der Waals surface area contributed by atoms with Crippen molar-refractivity contribution < 1.29 is 4.79 Å². The largest absolute Gasteiger partial charge is 0.369 e. The molecule has 1 rings (SSSR count). The minimum atomic E-state index is -0.291. The van der Waals surface area contributed by atoms with Gasteiger partial charge in [-0.1, -0.05) is 12.1 Å². The Balaban J connectivity index is 2.74. The Labute approximate surface area is 90.0 Å². The second-order valence-corrected chi connectivity index (χ2v) is 4.83. The van der Waals surface area contributed by atoms with E-state index in [9.17, 15) is 4.79 Å². The lowest BCUT2D eigenvalue weighted by Gasteiger charge is -2.07. The Bertz CT molecular complexity index is 316. The molecule has 0 aliphatic heterocycles. The fourth-order valence-corrected chi connectivity index (χ4v) is 2.19. The molecular formula is C9H10BrNOS. The topological polar surface area (TPSA) is 43.1 Å². The van der Waals surface area contributed by atoms with Crippen molar-refractivity contribution in [2.45, 2.75) is 17.1 Å². The first-order chi connectivity index (χ1) is 6.11. The van der Waals surface area contributed by atoms with Gasteiger partial charge in [0.25, 0.3) is 0 Å². The van der Waals surface area contributed by atoms with Gasteiger partial charge in [-0.3, -0.25) is 4.79 Å². The number of amides is 1. The van der Waals surface area contributed by atoms with Crippen LogP contribution in [0.15, 0.2) is 33.6 Å². The highest BCUT2D eigenvalue weighted by Gasteiger charge is 2.11. The highest BCUT2D eigenvalue weighted by atomic mass is 79.9. The van der Waals surface area contributed by atoms with E-state index in [1.54, 1.807) is 6.92 Å². The van der Waals surface area contributed by atoms with Crippen LogP contribution < -0.4 is 5.73 Å². The van der Waals surface area contributed by atoms with Gasteiger partial charge in [-0.15, -0.1) is 11.8 Å². The molecule has 0 bridgehead atoms. The van der Waals surface area contributed by atoms with Crippen molar-refractivity contribution in [2.75, 3.05) is 0 Å². The molecule has 13 heavy (non-hydrogen) atoms. The summed E-state index contributed by atoms with van der Waals surface area (Å²) in [5.41, 5.74) is 5.16. The van der Waals surface area contributed by atoms with E-state index >= 15 is 0 Å². The summed E-state index contributed by atoms with van der Waals surface area (Å²) in [5.74, 6) is -0.291. The average molecular weight is 260 g/mol. The lowest BCUT2D eigenvalue weighted by atomic mass is 10.4. The third-order valence-electron chi connectivity index (χ3n) is 1.54. The van der Waals surface area contributed by atoms with E-state index in [2.05, 4.69) is 15.9 Å². The number of hydrogen-bond donors (Lipinski definition) is 1. The van der Waals surface area contributed by atoms with Crippen molar-refractivity contribution in [3.8, 4) is 0 Å². The maximum atomic E-state index is 10.8. The van der Waals surface area contributed by atoms with E-state index < -0.39 is 0 Å². The van der Waals surface area contributed by atoms with Gasteiger partial charge in [0.1, 0.15) is 0 Å². The second-order valence-electron chi connectivity index (χ2n) is 2.59. The monoisotopic (exact) mass is 259 g/mol. The van der Waals surface area contributed by atoms with Gasteiger partial charge in [-0.05, 0) is 35.0 Å². The molecule has 0 aliphatic carbocycles. The van der Waals surface area contributed by atoms with E-state index in [-0.39, 0.29) is 11.2 Å². The van der Waals surface area contributed by atoms with Crippen LogP contribution in [0.3, 0.4) is 0 Å². The minimum absolute atomic E-state index is 0.196. The maximum Gasteiger partial charge on any atom is 0.230 e. The summed E-state index contributed by atoms with van der Waals surface area (Å²) < 4.78 is 0.994. The molecule has 2 N–H and O–H groups in total. The average Bonchev–Trinajstić information content (AvgIpc) is 2.08. The zero-order valence-electron chi connectivity index (χ0n) is 7.16. The number of nitrogens with two attached hydrogens (primary N) is 1. The molecule has 0 aromatic heterocycles. The first kappa shape index (κ1) is 10.6. The quantitative estimate of drug-likeness (QED) is 0.848. The smallest absolute Gasteiger partial charge is 0.230 e. The highest BCUT2D eigenvalue weighted by molar-refractivity contribution is 9.10. The van der Waals surface area contributed by atoms with E-state index in [1.165, 1.54) is 11.8 Å². The fraction of sp³-hybridized carbons (Fsp3) is 0.222. The van der Waals surface area contributed by atoms with Gasteiger partial charge in [0.05, 0.1) is 5.25 Å². The standard InChI is InChI=1S/C9H10BrNOS/c1-6(9(11)12)13-8-5-3-2-4-7(8)10/h2-6H,1H3,(H2,11,12)/t6-/m1/s1. The van der Waals surface area contributed by atoms with Gasteiger partial charge in [-0.25, -0.2) is 0 Å². The second kappa shape index (κ2) is 4.67. The Morgan fingerprint density at radius 2 is 2.15 bits per heavy atom. The number of carbonyl (C=O) groups is 1. The van der Waals surface area contributed by atoms with Crippen LogP contribution >= 0.6 is 27.7 Å². The minimum Gasteiger partial charge on any atom is -0.369 e. The van der Waals surface area contributed by atoms with E-state index in [1.807, 2.05) is 24.3 Å². The first-order valence-corrected chi connectivity index (χ1v) is 5.49. The van der Waals surface area contributed by atoms with Crippen molar-refractivity contribution in [2.24, 2.45) is 5.73 Å². The molecule has 70 valence electrons. The molecule has 1 aromatic carbocycles. The molecule has 0 spiro atoms. The summed E-state index contributed by atoms with van der Waals surface area (Å²) >= 11 is 4.86.